The molecule has 0 aliphatic heterocycles. The Morgan fingerprint density at radius 1 is 1.00 bits per heavy atom. The Kier molecular flexibility index (Phi) is 13.6. The minimum Gasteiger partial charge on any atom is -0.366 e. The summed E-state index contributed by atoms with van der Waals surface area (Å²) >= 11 is 0. The number of amides is 2. The number of primary amides is 2. The maximum Gasteiger partial charge on any atom is 0.466 e. The first-order valence-electron chi connectivity index (χ1n) is 3.16. The van der Waals surface area contributed by atoms with E-state index in [0.717, 1.165) is 12.2 Å². The van der Waals surface area contributed by atoms with E-state index < -0.39 is 19.6 Å². The molecule has 0 atom stereocenters. The van der Waals surface area contributed by atoms with Gasteiger partial charge in [0.25, 0.3) is 0 Å². The number of carbonyl (C=O) groups is 2. The normalized spacial score (nSPS) is 8.20. The molecule has 0 rings (SSSR count). The molecule has 8 nitrogen and oxygen atoms in total. The quantitative estimate of drug-likeness (QED) is 0.287. The summed E-state index contributed by atoms with van der Waals surface area (Å²) in [5, 5.41) is 0. The molecule has 0 aromatic rings. The van der Waals surface area contributed by atoms with E-state index in [2.05, 4.69) is 24.6 Å². The largest absolute Gasteiger partial charge is 0.466 e. The summed E-state index contributed by atoms with van der Waals surface area (Å²) in [5.41, 5.74) is 9.07. The Bertz CT molecular complexity index is 245. The van der Waals surface area contributed by atoms with Crippen LogP contribution >= 0.6 is 7.82 Å². The van der Waals surface area contributed by atoms with Crippen molar-refractivity contribution < 1.29 is 28.8 Å². The third-order valence-electron chi connectivity index (χ3n) is 0.402. The first-order chi connectivity index (χ1) is 6.54. The first kappa shape index (κ1) is 19.2. The van der Waals surface area contributed by atoms with Gasteiger partial charge in [-0.15, -0.1) is 0 Å². The predicted octanol–water partition coefficient (Wildman–Crippen LogP) is -1.61. The molecule has 0 aromatic heterocycles. The van der Waals surface area contributed by atoms with Crippen molar-refractivity contribution in [2.24, 2.45) is 11.5 Å². The lowest BCUT2D eigenvalue weighted by Gasteiger charge is -1.82. The van der Waals surface area contributed by atoms with Crippen molar-refractivity contribution in [1.29, 1.82) is 0 Å². The second kappa shape index (κ2) is 10.6. The molecule has 0 heterocycles. The predicted molar refractivity (Wildman–Crippen MR) is 53.0 cm³/mol. The van der Waals surface area contributed by atoms with E-state index in [-0.39, 0.29) is 0 Å². The zero-order valence-electron chi connectivity index (χ0n) is 7.74. The van der Waals surface area contributed by atoms with E-state index in [1.54, 1.807) is 0 Å². The van der Waals surface area contributed by atoms with Crippen LogP contribution in [0, 0.1) is 0 Å². The smallest absolute Gasteiger partial charge is 0.366 e. The minimum atomic E-state index is -4.64. The van der Waals surface area contributed by atoms with Gasteiger partial charge in [-0.2, -0.15) is 0 Å². The zero-order chi connectivity index (χ0) is 13.1. The monoisotopic (exact) mass is 240 g/mol. The van der Waals surface area contributed by atoms with E-state index in [4.69, 9.17) is 19.2 Å². The Hall–Kier alpha value is -1.47. The molecular weight excluding hydrogens is 227 g/mol. The highest BCUT2D eigenvalue weighted by atomic mass is 31.2. The maximum atomic E-state index is 9.47. The third kappa shape index (κ3) is 217. The maximum absolute atomic E-state index is 9.47. The summed E-state index contributed by atoms with van der Waals surface area (Å²) < 4.78 is 8.88. The zero-order valence-corrected chi connectivity index (χ0v) is 8.63. The molecule has 0 unspecified atom stereocenters. The molecule has 7 N–H and O–H groups in total. The molecule has 0 bridgehead atoms. The fraction of sp³-hybridized carbons (Fsp3) is 0. The summed E-state index contributed by atoms with van der Waals surface area (Å²) in [7, 11) is -4.64. The highest BCUT2D eigenvalue weighted by Gasteiger charge is 2.00. The van der Waals surface area contributed by atoms with E-state index in [0.29, 0.717) is 0 Å². The van der Waals surface area contributed by atoms with Crippen LogP contribution in [0.4, 0.5) is 0 Å². The molecular formula is C6H13N2O6P. The second-order valence-corrected chi connectivity index (χ2v) is 2.75. The molecule has 0 spiro atoms. The van der Waals surface area contributed by atoms with Gasteiger partial charge in [-0.3, -0.25) is 9.59 Å². The molecule has 0 aliphatic rings. The molecule has 0 saturated carbocycles. The van der Waals surface area contributed by atoms with Crippen LogP contribution < -0.4 is 11.5 Å². The van der Waals surface area contributed by atoms with Gasteiger partial charge in [0.15, 0.2) is 0 Å². The van der Waals surface area contributed by atoms with Crippen molar-refractivity contribution in [3.05, 3.63) is 25.3 Å². The Morgan fingerprint density at radius 2 is 1.07 bits per heavy atom. The van der Waals surface area contributed by atoms with Crippen molar-refractivity contribution >= 4 is 19.6 Å². The SMILES string of the molecule is C=CC(N)=O.C=CC(N)=O.O=P(O)(O)O. The van der Waals surface area contributed by atoms with Crippen LogP contribution in [0.3, 0.4) is 0 Å². The lowest BCUT2D eigenvalue weighted by atomic mass is 10.6. The van der Waals surface area contributed by atoms with Crippen LogP contribution in [0.1, 0.15) is 0 Å². The standard InChI is InChI=1S/2C3H5NO.H3O4P/c2*1-2-3(4)5;1-5(2,3)4/h2*2H,1H2,(H2,4,5);(H3,1,2,3,4). The van der Waals surface area contributed by atoms with Gasteiger partial charge in [-0.05, 0) is 12.2 Å². The first-order valence-corrected chi connectivity index (χ1v) is 4.73. The molecule has 0 aromatic carbocycles. The van der Waals surface area contributed by atoms with Crippen molar-refractivity contribution in [2.45, 2.75) is 0 Å². The van der Waals surface area contributed by atoms with Crippen LogP contribution in [0.15, 0.2) is 25.3 Å². The highest BCUT2D eigenvalue weighted by molar-refractivity contribution is 7.45. The van der Waals surface area contributed by atoms with Crippen molar-refractivity contribution in [3.63, 3.8) is 0 Å². The topological polar surface area (TPSA) is 164 Å². The van der Waals surface area contributed by atoms with Crippen molar-refractivity contribution in [1.82, 2.24) is 0 Å². The average Bonchev–Trinajstić information content (AvgIpc) is 2.02. The number of nitrogens with two attached hydrogens (primary N) is 2. The van der Waals surface area contributed by atoms with E-state index >= 15 is 0 Å². The fourth-order valence-corrected chi connectivity index (χ4v) is 0. The van der Waals surface area contributed by atoms with E-state index in [1.807, 2.05) is 0 Å². The van der Waals surface area contributed by atoms with Crippen molar-refractivity contribution in [3.8, 4) is 0 Å². The lowest BCUT2D eigenvalue weighted by Crippen LogP contribution is -2.04. The van der Waals surface area contributed by atoms with Crippen LogP contribution in [0.25, 0.3) is 0 Å². The van der Waals surface area contributed by atoms with Gasteiger partial charge < -0.3 is 26.1 Å². The summed E-state index contributed by atoms with van der Waals surface area (Å²) in [6.07, 6.45) is 2.11. The Balaban J connectivity index is -0.000000144. The molecule has 9 heteroatoms. The fourth-order valence-electron chi connectivity index (χ4n) is 0. The number of carbonyl (C=O) groups excluding carboxylic acids is 2. The van der Waals surface area contributed by atoms with Gasteiger partial charge in [0.1, 0.15) is 0 Å². The van der Waals surface area contributed by atoms with Gasteiger partial charge in [-0.25, -0.2) is 4.57 Å². The molecule has 0 saturated heterocycles. The molecule has 0 aliphatic carbocycles. The third-order valence-corrected chi connectivity index (χ3v) is 0.402. The summed E-state index contributed by atoms with van der Waals surface area (Å²) in [4.78, 5) is 40.5. The van der Waals surface area contributed by atoms with Crippen LogP contribution in [0.5, 0.6) is 0 Å². The van der Waals surface area contributed by atoms with Gasteiger partial charge in [0, 0.05) is 0 Å². The molecule has 15 heavy (non-hydrogen) atoms. The Morgan fingerprint density at radius 3 is 1.07 bits per heavy atom. The number of phosphoric acid groups is 1. The molecule has 0 fully saturated rings. The molecule has 2 amide bonds. The van der Waals surface area contributed by atoms with Crippen LogP contribution in [-0.2, 0) is 14.2 Å². The number of rotatable bonds is 2. The van der Waals surface area contributed by atoms with Crippen LogP contribution in [0.2, 0.25) is 0 Å². The number of hydrogen-bond acceptors (Lipinski definition) is 3. The summed E-state index contributed by atoms with van der Waals surface area (Å²) in [6.45, 7) is 6.17. The van der Waals surface area contributed by atoms with Gasteiger partial charge in [-0.1, -0.05) is 13.2 Å². The Labute approximate surface area is 86.1 Å². The van der Waals surface area contributed by atoms with Crippen LogP contribution in [-0.4, -0.2) is 26.5 Å². The van der Waals surface area contributed by atoms with Gasteiger partial charge >= 0.3 is 7.82 Å². The molecule has 88 valence electrons. The second-order valence-electron chi connectivity index (χ2n) is 1.73. The van der Waals surface area contributed by atoms with Crippen molar-refractivity contribution in [2.75, 3.05) is 0 Å². The lowest BCUT2D eigenvalue weighted by molar-refractivity contribution is -0.114. The summed E-state index contributed by atoms with van der Waals surface area (Å²) in [5.74, 6) is -0.963. The average molecular weight is 240 g/mol. The summed E-state index contributed by atoms with van der Waals surface area (Å²) in [6, 6.07) is 0. The van der Waals surface area contributed by atoms with E-state index in [9.17, 15) is 9.59 Å². The number of hydrogen-bond donors (Lipinski definition) is 5. The highest BCUT2D eigenvalue weighted by Crippen LogP contribution is 2.25. The van der Waals surface area contributed by atoms with Gasteiger partial charge in [0.05, 0.1) is 0 Å². The minimum absolute atomic E-state index is 0.481. The van der Waals surface area contributed by atoms with Gasteiger partial charge in [0.2, 0.25) is 11.8 Å². The van der Waals surface area contributed by atoms with E-state index in [1.165, 1.54) is 0 Å². The molecule has 0 radical (unpaired) electrons.